The summed E-state index contributed by atoms with van der Waals surface area (Å²) in [5.74, 6) is -0.585. The molecule has 2 N–H and O–H groups in total. The molecule has 0 unspecified atom stereocenters. The fourth-order valence-electron chi connectivity index (χ4n) is 3.24. The summed E-state index contributed by atoms with van der Waals surface area (Å²) in [5, 5.41) is 14.1. The van der Waals surface area contributed by atoms with E-state index in [0.29, 0.717) is 17.9 Å². The van der Waals surface area contributed by atoms with Gasteiger partial charge in [0, 0.05) is 23.5 Å². The van der Waals surface area contributed by atoms with Crippen LogP contribution in [0.3, 0.4) is 0 Å². The molecular weight excluding hydrogens is 415 g/mol. The van der Waals surface area contributed by atoms with Gasteiger partial charge >= 0.3 is 12.1 Å². The molecule has 168 valence electrons. The molecule has 0 radical (unpaired) electrons. The highest BCUT2D eigenvalue weighted by Crippen LogP contribution is 2.29. The lowest BCUT2D eigenvalue weighted by Gasteiger charge is -2.37. The first-order chi connectivity index (χ1) is 15.2. The Balaban J connectivity index is 1.71. The number of carbonyl (C=O) groups excluding carboxylic acids is 2. The minimum Gasteiger partial charge on any atom is -0.444 e. The number of rotatable bonds is 3. The Morgan fingerprint density at radius 3 is 2.56 bits per heavy atom. The van der Waals surface area contributed by atoms with E-state index in [1.807, 2.05) is 6.07 Å². The van der Waals surface area contributed by atoms with Gasteiger partial charge in [-0.05, 0) is 51.1 Å². The number of carbonyl (C=O) groups is 2. The van der Waals surface area contributed by atoms with Gasteiger partial charge in [-0.3, -0.25) is 4.90 Å². The Kier molecular flexibility index (Phi) is 6.95. The standard InChI is InChI=1S/C23H25FN4O4/c1-23(2,3)32-22(30)28-9-10-31-14-20(28)18-8-7-17(12-19(18)24)27-21(29)26-16-6-4-5-15(11-16)13-25/h4-8,11-12,20H,9-10,14H2,1-3H3,(H2,26,27,29)/t20-/m0/s1. The zero-order valence-electron chi connectivity index (χ0n) is 18.1. The first-order valence-electron chi connectivity index (χ1n) is 10.1. The Bertz CT molecular complexity index is 1050. The second-order valence-electron chi connectivity index (χ2n) is 8.27. The highest BCUT2D eigenvalue weighted by molar-refractivity contribution is 5.99. The molecule has 1 aliphatic heterocycles. The fourth-order valence-corrected chi connectivity index (χ4v) is 3.24. The summed E-state index contributed by atoms with van der Waals surface area (Å²) in [7, 11) is 0. The number of anilines is 2. The molecule has 1 heterocycles. The van der Waals surface area contributed by atoms with Gasteiger partial charge in [0.25, 0.3) is 0 Å². The van der Waals surface area contributed by atoms with Crippen molar-refractivity contribution in [3.63, 3.8) is 0 Å². The van der Waals surface area contributed by atoms with Crippen molar-refractivity contribution in [1.29, 1.82) is 5.26 Å². The van der Waals surface area contributed by atoms with Crippen LogP contribution < -0.4 is 10.6 Å². The van der Waals surface area contributed by atoms with Crippen molar-refractivity contribution in [2.24, 2.45) is 0 Å². The highest BCUT2D eigenvalue weighted by Gasteiger charge is 2.33. The maximum atomic E-state index is 14.9. The van der Waals surface area contributed by atoms with Gasteiger partial charge in [-0.1, -0.05) is 12.1 Å². The van der Waals surface area contributed by atoms with E-state index in [0.717, 1.165) is 0 Å². The SMILES string of the molecule is CC(C)(C)OC(=O)N1CCOC[C@H]1c1ccc(NC(=O)Nc2cccc(C#N)c2)cc1F. The minimum atomic E-state index is -0.674. The topological polar surface area (TPSA) is 104 Å². The number of ether oxygens (including phenoxy) is 2. The van der Waals surface area contributed by atoms with Gasteiger partial charge in [0.05, 0.1) is 30.9 Å². The van der Waals surface area contributed by atoms with Crippen LogP contribution in [0.25, 0.3) is 0 Å². The Morgan fingerprint density at radius 2 is 1.91 bits per heavy atom. The normalized spacial score (nSPS) is 16.1. The van der Waals surface area contributed by atoms with E-state index in [9.17, 15) is 14.0 Å². The number of urea groups is 1. The summed E-state index contributed by atoms with van der Waals surface area (Å²) in [4.78, 5) is 26.3. The van der Waals surface area contributed by atoms with Crippen molar-refractivity contribution in [3.05, 3.63) is 59.4 Å². The molecular formula is C23H25FN4O4. The molecule has 1 aliphatic rings. The molecule has 0 bridgehead atoms. The first kappa shape index (κ1) is 23.0. The monoisotopic (exact) mass is 440 g/mol. The van der Waals surface area contributed by atoms with Crippen molar-refractivity contribution in [2.45, 2.75) is 32.4 Å². The van der Waals surface area contributed by atoms with E-state index in [1.165, 1.54) is 23.1 Å². The first-order valence-corrected chi connectivity index (χ1v) is 10.1. The Morgan fingerprint density at radius 1 is 1.19 bits per heavy atom. The van der Waals surface area contributed by atoms with Gasteiger partial charge in [0.15, 0.2) is 0 Å². The third kappa shape index (κ3) is 5.95. The quantitative estimate of drug-likeness (QED) is 0.723. The smallest absolute Gasteiger partial charge is 0.410 e. The molecule has 0 aliphatic carbocycles. The maximum Gasteiger partial charge on any atom is 0.410 e. The lowest BCUT2D eigenvalue weighted by molar-refractivity contribution is -0.0338. The van der Waals surface area contributed by atoms with Crippen LogP contribution >= 0.6 is 0 Å². The molecule has 3 amide bonds. The second-order valence-corrected chi connectivity index (χ2v) is 8.27. The highest BCUT2D eigenvalue weighted by atomic mass is 19.1. The lowest BCUT2D eigenvalue weighted by Crippen LogP contribution is -2.46. The van der Waals surface area contributed by atoms with Crippen molar-refractivity contribution in [3.8, 4) is 6.07 Å². The van der Waals surface area contributed by atoms with Gasteiger partial charge < -0.3 is 20.1 Å². The molecule has 1 fully saturated rings. The van der Waals surface area contributed by atoms with Crippen LogP contribution in [0.1, 0.15) is 37.9 Å². The fraction of sp³-hybridized carbons (Fsp3) is 0.348. The third-order valence-electron chi connectivity index (χ3n) is 4.62. The average molecular weight is 440 g/mol. The average Bonchev–Trinajstić information content (AvgIpc) is 2.72. The zero-order valence-corrected chi connectivity index (χ0v) is 18.1. The molecule has 2 aromatic rings. The van der Waals surface area contributed by atoms with E-state index in [-0.39, 0.29) is 24.4 Å². The van der Waals surface area contributed by atoms with Crippen LogP contribution in [0.15, 0.2) is 42.5 Å². The van der Waals surface area contributed by atoms with Crippen LogP contribution in [0, 0.1) is 17.1 Å². The molecule has 0 aromatic heterocycles. The molecule has 2 aromatic carbocycles. The van der Waals surface area contributed by atoms with Gasteiger partial charge in [-0.25, -0.2) is 14.0 Å². The van der Waals surface area contributed by atoms with Crippen LogP contribution in [0.4, 0.5) is 25.4 Å². The number of hydrogen-bond donors (Lipinski definition) is 2. The Hall–Kier alpha value is -3.64. The molecule has 1 saturated heterocycles. The van der Waals surface area contributed by atoms with Gasteiger partial charge in [-0.2, -0.15) is 5.26 Å². The minimum absolute atomic E-state index is 0.138. The number of nitrogens with zero attached hydrogens (tertiary/aromatic N) is 2. The number of morpholine rings is 1. The summed E-state index contributed by atoms with van der Waals surface area (Å²) < 4.78 is 25.8. The third-order valence-corrected chi connectivity index (χ3v) is 4.62. The number of nitriles is 1. The Labute approximate surface area is 185 Å². The van der Waals surface area contributed by atoms with Crippen LogP contribution in [0.5, 0.6) is 0 Å². The number of halogens is 1. The predicted octanol–water partition coefficient (Wildman–Crippen LogP) is 4.65. The van der Waals surface area contributed by atoms with E-state index in [1.54, 1.807) is 45.0 Å². The molecule has 1 atom stereocenters. The van der Waals surface area contributed by atoms with Crippen LogP contribution in [-0.4, -0.2) is 42.4 Å². The van der Waals surface area contributed by atoms with Crippen LogP contribution in [0.2, 0.25) is 0 Å². The lowest BCUT2D eigenvalue weighted by atomic mass is 10.0. The molecule has 0 saturated carbocycles. The summed E-state index contributed by atoms with van der Waals surface area (Å²) >= 11 is 0. The summed E-state index contributed by atoms with van der Waals surface area (Å²) in [6.07, 6.45) is -0.536. The molecule has 9 heteroatoms. The summed E-state index contributed by atoms with van der Waals surface area (Å²) in [6.45, 7) is 6.06. The molecule has 0 spiro atoms. The predicted molar refractivity (Wildman–Crippen MR) is 117 cm³/mol. The molecule has 8 nitrogen and oxygen atoms in total. The van der Waals surface area contributed by atoms with E-state index >= 15 is 0 Å². The van der Waals surface area contributed by atoms with E-state index < -0.39 is 29.6 Å². The number of amides is 3. The van der Waals surface area contributed by atoms with Gasteiger partial charge in [0.1, 0.15) is 11.4 Å². The second kappa shape index (κ2) is 9.66. The number of nitrogens with one attached hydrogen (secondary N) is 2. The van der Waals surface area contributed by atoms with E-state index in [2.05, 4.69) is 10.6 Å². The summed E-state index contributed by atoms with van der Waals surface area (Å²) in [6, 6.07) is 11.4. The van der Waals surface area contributed by atoms with Crippen molar-refractivity contribution >= 4 is 23.5 Å². The molecule has 32 heavy (non-hydrogen) atoms. The largest absolute Gasteiger partial charge is 0.444 e. The van der Waals surface area contributed by atoms with Crippen molar-refractivity contribution < 1.29 is 23.5 Å². The van der Waals surface area contributed by atoms with Gasteiger partial charge in [0.2, 0.25) is 0 Å². The zero-order chi connectivity index (χ0) is 23.3. The molecule has 3 rings (SSSR count). The number of hydrogen-bond acceptors (Lipinski definition) is 5. The number of benzene rings is 2. The van der Waals surface area contributed by atoms with Crippen molar-refractivity contribution in [1.82, 2.24) is 4.90 Å². The van der Waals surface area contributed by atoms with Crippen LogP contribution in [-0.2, 0) is 9.47 Å². The maximum absolute atomic E-state index is 14.9. The van der Waals surface area contributed by atoms with E-state index in [4.69, 9.17) is 14.7 Å². The van der Waals surface area contributed by atoms with Gasteiger partial charge in [-0.15, -0.1) is 0 Å². The summed E-state index contributed by atoms with van der Waals surface area (Å²) in [5.41, 5.74) is 0.671. The van der Waals surface area contributed by atoms with Crippen molar-refractivity contribution in [2.75, 3.05) is 30.4 Å².